The molecule has 0 saturated heterocycles. The van der Waals surface area contributed by atoms with E-state index >= 15 is 0 Å². The summed E-state index contributed by atoms with van der Waals surface area (Å²) in [6.07, 6.45) is 18.7. The first-order valence-corrected chi connectivity index (χ1v) is 7.95. The van der Waals surface area contributed by atoms with E-state index < -0.39 is 0 Å². The first-order chi connectivity index (χ1) is 7.95. The smallest absolute Gasteiger partial charge is 0.0329 e. The second-order valence-corrected chi connectivity index (χ2v) is 6.71. The Labute approximate surface area is 101 Å². The third kappa shape index (κ3) is 2.17. The van der Waals surface area contributed by atoms with Crippen molar-refractivity contribution in [3.05, 3.63) is 0 Å². The Kier molecular flexibility index (Phi) is 3.54. The van der Waals surface area contributed by atoms with Crippen molar-refractivity contribution in [3.8, 4) is 0 Å². The zero-order valence-electron chi connectivity index (χ0n) is 10.8. The minimum atomic E-state index is 1.14. The van der Waals surface area contributed by atoms with Gasteiger partial charge < -0.3 is 0 Å². The molecule has 0 aliphatic heterocycles. The van der Waals surface area contributed by atoms with Crippen molar-refractivity contribution in [1.82, 2.24) is 0 Å². The van der Waals surface area contributed by atoms with Gasteiger partial charge >= 0.3 is 0 Å². The molecule has 3 saturated carbocycles. The van der Waals surface area contributed by atoms with Crippen LogP contribution in [0.2, 0.25) is 0 Å². The van der Waals surface area contributed by atoms with Crippen LogP contribution in [0, 0.1) is 23.7 Å². The van der Waals surface area contributed by atoms with E-state index in [1.54, 1.807) is 77.0 Å². The number of hydrogen-bond acceptors (Lipinski definition) is 0. The van der Waals surface area contributed by atoms with Gasteiger partial charge in [-0.3, -0.25) is 0 Å². The lowest BCUT2D eigenvalue weighted by atomic mass is 9.71. The summed E-state index contributed by atoms with van der Waals surface area (Å²) >= 11 is 0. The van der Waals surface area contributed by atoms with Crippen molar-refractivity contribution in [2.45, 2.75) is 77.0 Å². The molecule has 3 rings (SSSR count). The highest BCUT2D eigenvalue weighted by Gasteiger charge is 2.38. The molecule has 3 aliphatic rings. The molecule has 0 radical (unpaired) electrons. The summed E-state index contributed by atoms with van der Waals surface area (Å²) < 4.78 is 0. The maximum Gasteiger partial charge on any atom is -0.0329 e. The lowest BCUT2D eigenvalue weighted by molar-refractivity contribution is 0.149. The predicted molar refractivity (Wildman–Crippen MR) is 69.4 cm³/mol. The van der Waals surface area contributed by atoms with E-state index in [0.29, 0.717) is 0 Å². The third-order valence-electron chi connectivity index (χ3n) is 5.83. The fraction of sp³-hybridized carbons (Fsp3) is 1.00. The number of rotatable bonds is 3. The maximum atomic E-state index is 1.58. The van der Waals surface area contributed by atoms with Gasteiger partial charge in [-0.1, -0.05) is 77.0 Å². The summed E-state index contributed by atoms with van der Waals surface area (Å²) in [4.78, 5) is 0. The highest BCUT2D eigenvalue weighted by Crippen LogP contribution is 2.49. The van der Waals surface area contributed by atoms with Crippen LogP contribution in [0.15, 0.2) is 0 Å². The standard InChI is InChI=1S/C16H28/c1-2-8-13(7-1)16(14-9-3-4-10-14)15-11-5-6-12-15/h13-16H,1-12H2. The highest BCUT2D eigenvalue weighted by atomic mass is 14.4. The molecular weight excluding hydrogens is 192 g/mol. The molecule has 92 valence electrons. The Bertz CT molecular complexity index is 164. The highest BCUT2D eigenvalue weighted by molar-refractivity contribution is 4.89. The molecule has 0 aromatic carbocycles. The first-order valence-electron chi connectivity index (χ1n) is 7.95. The van der Waals surface area contributed by atoms with Crippen LogP contribution in [0.1, 0.15) is 77.0 Å². The van der Waals surface area contributed by atoms with Gasteiger partial charge in [0.05, 0.1) is 0 Å². The van der Waals surface area contributed by atoms with Crippen molar-refractivity contribution in [2.24, 2.45) is 23.7 Å². The van der Waals surface area contributed by atoms with Crippen molar-refractivity contribution in [2.75, 3.05) is 0 Å². The molecular formula is C16H28. The van der Waals surface area contributed by atoms with Gasteiger partial charge in [0, 0.05) is 0 Å². The van der Waals surface area contributed by atoms with E-state index in [0.717, 1.165) is 23.7 Å². The fourth-order valence-electron chi connectivity index (χ4n) is 5.18. The van der Waals surface area contributed by atoms with E-state index in [2.05, 4.69) is 0 Å². The van der Waals surface area contributed by atoms with Gasteiger partial charge in [-0.2, -0.15) is 0 Å². The molecule has 0 aromatic rings. The second kappa shape index (κ2) is 5.10. The average Bonchev–Trinajstić information content (AvgIpc) is 3.02. The van der Waals surface area contributed by atoms with E-state index in [9.17, 15) is 0 Å². The van der Waals surface area contributed by atoms with Crippen molar-refractivity contribution >= 4 is 0 Å². The Morgan fingerprint density at radius 2 is 0.688 bits per heavy atom. The van der Waals surface area contributed by atoms with Gasteiger partial charge in [-0.15, -0.1) is 0 Å². The molecule has 0 N–H and O–H groups in total. The Hall–Kier alpha value is 0. The molecule has 0 heteroatoms. The summed E-state index contributed by atoms with van der Waals surface area (Å²) in [5, 5.41) is 0. The third-order valence-corrected chi connectivity index (χ3v) is 5.83. The molecule has 0 spiro atoms. The Morgan fingerprint density at radius 3 is 0.938 bits per heavy atom. The SMILES string of the molecule is C1CCC(C(C2CCCC2)C2CCCC2)C1. The zero-order valence-corrected chi connectivity index (χ0v) is 10.8. The molecule has 0 bridgehead atoms. The maximum absolute atomic E-state index is 1.58. The van der Waals surface area contributed by atoms with Gasteiger partial charge in [0.2, 0.25) is 0 Å². The van der Waals surface area contributed by atoms with E-state index in [-0.39, 0.29) is 0 Å². The van der Waals surface area contributed by atoms with Crippen LogP contribution in [0.4, 0.5) is 0 Å². The molecule has 0 aromatic heterocycles. The summed E-state index contributed by atoms with van der Waals surface area (Å²) in [6, 6.07) is 0. The van der Waals surface area contributed by atoms with E-state index in [1.807, 2.05) is 0 Å². The summed E-state index contributed by atoms with van der Waals surface area (Å²) in [5.41, 5.74) is 0. The summed E-state index contributed by atoms with van der Waals surface area (Å²) in [6.45, 7) is 0. The molecule has 0 atom stereocenters. The monoisotopic (exact) mass is 220 g/mol. The molecule has 3 fully saturated rings. The first kappa shape index (κ1) is 11.1. The van der Waals surface area contributed by atoms with Crippen LogP contribution >= 0.6 is 0 Å². The molecule has 0 amide bonds. The predicted octanol–water partition coefficient (Wildman–Crippen LogP) is 5.17. The molecule has 3 aliphatic carbocycles. The van der Waals surface area contributed by atoms with Crippen molar-refractivity contribution in [1.29, 1.82) is 0 Å². The van der Waals surface area contributed by atoms with Crippen LogP contribution in [0.25, 0.3) is 0 Å². The molecule has 0 nitrogen and oxygen atoms in total. The van der Waals surface area contributed by atoms with Gasteiger partial charge in [-0.25, -0.2) is 0 Å². The zero-order chi connectivity index (χ0) is 10.8. The van der Waals surface area contributed by atoms with Gasteiger partial charge in [-0.05, 0) is 23.7 Å². The van der Waals surface area contributed by atoms with Gasteiger partial charge in [0.25, 0.3) is 0 Å². The van der Waals surface area contributed by atoms with Gasteiger partial charge in [0.1, 0.15) is 0 Å². The second-order valence-electron chi connectivity index (χ2n) is 6.71. The number of hydrogen-bond donors (Lipinski definition) is 0. The van der Waals surface area contributed by atoms with Crippen LogP contribution in [-0.2, 0) is 0 Å². The fourth-order valence-corrected chi connectivity index (χ4v) is 5.18. The molecule has 0 unspecified atom stereocenters. The summed E-state index contributed by atoms with van der Waals surface area (Å²) in [7, 11) is 0. The lowest BCUT2D eigenvalue weighted by Crippen LogP contribution is -2.27. The van der Waals surface area contributed by atoms with Gasteiger partial charge in [0.15, 0.2) is 0 Å². The Balaban J connectivity index is 1.70. The molecule has 0 heterocycles. The average molecular weight is 220 g/mol. The lowest BCUT2D eigenvalue weighted by Gasteiger charge is -2.34. The van der Waals surface area contributed by atoms with E-state index in [1.165, 1.54) is 0 Å². The topological polar surface area (TPSA) is 0 Å². The van der Waals surface area contributed by atoms with Crippen LogP contribution in [0.3, 0.4) is 0 Å². The van der Waals surface area contributed by atoms with Crippen molar-refractivity contribution < 1.29 is 0 Å². The van der Waals surface area contributed by atoms with Crippen LogP contribution < -0.4 is 0 Å². The molecule has 16 heavy (non-hydrogen) atoms. The largest absolute Gasteiger partial charge is 0.0530 e. The van der Waals surface area contributed by atoms with Crippen molar-refractivity contribution in [3.63, 3.8) is 0 Å². The summed E-state index contributed by atoms with van der Waals surface area (Å²) in [5.74, 6) is 4.59. The van der Waals surface area contributed by atoms with Crippen LogP contribution in [-0.4, -0.2) is 0 Å². The quantitative estimate of drug-likeness (QED) is 0.615. The Morgan fingerprint density at radius 1 is 0.438 bits per heavy atom. The van der Waals surface area contributed by atoms with Crippen LogP contribution in [0.5, 0.6) is 0 Å². The minimum absolute atomic E-state index is 1.14. The minimum Gasteiger partial charge on any atom is -0.0530 e. The normalized spacial score (nSPS) is 29.8. The van der Waals surface area contributed by atoms with E-state index in [4.69, 9.17) is 0 Å².